The number of alkyl halides is 12. The van der Waals surface area contributed by atoms with Crippen molar-refractivity contribution in [3.05, 3.63) is 30.8 Å². The largest absolute Gasteiger partial charge is 0.423 e. The molecular weight excluding hydrogens is 524 g/mol. The lowest BCUT2D eigenvalue weighted by Crippen LogP contribution is -2.19. The zero-order valence-electron chi connectivity index (χ0n) is 14.7. The number of hydrogen-bond acceptors (Lipinski definition) is 4. The van der Waals surface area contributed by atoms with Crippen molar-refractivity contribution in [2.24, 2.45) is 0 Å². The maximum absolute atomic E-state index is 12.8. The van der Waals surface area contributed by atoms with Crippen molar-refractivity contribution in [3.63, 3.8) is 0 Å². The molecule has 0 nitrogen and oxygen atoms in total. The van der Waals surface area contributed by atoms with Crippen LogP contribution in [0.5, 0.6) is 0 Å². The van der Waals surface area contributed by atoms with Crippen LogP contribution in [0.4, 0.5) is 52.7 Å². The summed E-state index contributed by atoms with van der Waals surface area (Å²) >= 11 is 5.12. The molecule has 0 unspecified atom stereocenters. The van der Waals surface area contributed by atoms with Gasteiger partial charge in [-0.3, -0.25) is 0 Å². The minimum Gasteiger partial charge on any atom is -0.166 e. The highest BCUT2D eigenvalue weighted by Gasteiger charge is 2.45. The van der Waals surface area contributed by atoms with Crippen LogP contribution in [0.1, 0.15) is 13.8 Å². The van der Waals surface area contributed by atoms with Gasteiger partial charge in [0.1, 0.15) is 19.6 Å². The van der Waals surface area contributed by atoms with Crippen LogP contribution in [0, 0.1) is 0 Å². The van der Waals surface area contributed by atoms with Crippen molar-refractivity contribution in [1.82, 2.24) is 0 Å². The fourth-order valence-electron chi connectivity index (χ4n) is 1.43. The van der Waals surface area contributed by atoms with E-state index in [4.69, 9.17) is 0 Å². The fraction of sp³-hybridized carbons (Fsp3) is 0.571. The summed E-state index contributed by atoms with van der Waals surface area (Å²) in [4.78, 5) is -8.48. The van der Waals surface area contributed by atoms with Crippen LogP contribution in [-0.2, 0) is 0 Å². The van der Waals surface area contributed by atoms with E-state index in [2.05, 4.69) is 25.3 Å². The molecule has 176 valence electrons. The third kappa shape index (κ3) is 9.51. The molecule has 0 N–H and O–H groups in total. The highest BCUT2D eigenvalue weighted by Crippen LogP contribution is 2.46. The molecule has 0 aliphatic carbocycles. The lowest BCUT2D eigenvalue weighted by Gasteiger charge is -2.18. The van der Waals surface area contributed by atoms with E-state index in [1.807, 2.05) is 0 Å². The summed E-state index contributed by atoms with van der Waals surface area (Å²) in [7, 11) is 0. The third-order valence-electron chi connectivity index (χ3n) is 3.08. The molecule has 0 saturated carbocycles. The highest BCUT2D eigenvalue weighted by atomic mass is 32.2. The molecule has 0 aromatic rings. The smallest absolute Gasteiger partial charge is 0.166 e. The Morgan fingerprint density at radius 2 is 0.767 bits per heavy atom. The van der Waals surface area contributed by atoms with E-state index in [1.165, 1.54) is 0 Å². The molecule has 0 heterocycles. The Morgan fingerprint density at radius 1 is 0.533 bits per heavy atom. The summed E-state index contributed by atoms with van der Waals surface area (Å²) in [5.74, 6) is -1.42. The van der Waals surface area contributed by atoms with E-state index in [1.54, 1.807) is 0 Å². The highest BCUT2D eigenvalue weighted by molar-refractivity contribution is 8.04. The Morgan fingerprint density at radius 3 is 0.933 bits per heavy atom. The summed E-state index contributed by atoms with van der Waals surface area (Å²) in [6.07, 6.45) is -21.5. The molecule has 0 amide bonds. The molecule has 0 rings (SSSR count). The molecule has 30 heavy (non-hydrogen) atoms. The lowest BCUT2D eigenvalue weighted by molar-refractivity contribution is -0.103. The predicted octanol–water partition coefficient (Wildman–Crippen LogP) is 8.32. The average Bonchev–Trinajstić information content (AvgIpc) is 2.49. The monoisotopic (exact) mass is 536 g/mol. The zero-order chi connectivity index (χ0) is 24.3. The Kier molecular flexibility index (Phi) is 10.5. The Bertz CT molecular complexity index is 644. The van der Waals surface area contributed by atoms with Gasteiger partial charge in [-0.05, 0) is 13.8 Å². The van der Waals surface area contributed by atoms with Crippen LogP contribution < -0.4 is 0 Å². The second-order valence-electron chi connectivity index (χ2n) is 5.48. The van der Waals surface area contributed by atoms with E-state index < -0.39 is 55.8 Å². The van der Waals surface area contributed by atoms with Crippen LogP contribution in [0.3, 0.4) is 0 Å². The molecule has 16 heteroatoms. The van der Waals surface area contributed by atoms with Gasteiger partial charge in [0.05, 0.1) is 0 Å². The van der Waals surface area contributed by atoms with Crippen LogP contribution in [0.2, 0.25) is 0 Å². The van der Waals surface area contributed by atoms with Crippen molar-refractivity contribution in [2.45, 2.75) is 38.6 Å². The van der Waals surface area contributed by atoms with E-state index in [9.17, 15) is 52.7 Å². The minimum atomic E-state index is -5.39. The van der Waals surface area contributed by atoms with Crippen LogP contribution in [-0.4, -0.2) is 36.2 Å². The first-order valence-corrected chi connectivity index (χ1v) is 10.0. The number of halogens is 12. The molecule has 0 aromatic carbocycles. The summed E-state index contributed by atoms with van der Waals surface area (Å²) in [5.41, 5.74) is -0.0985. The molecule has 0 bridgehead atoms. The van der Waals surface area contributed by atoms with Crippen molar-refractivity contribution < 1.29 is 52.7 Å². The van der Waals surface area contributed by atoms with Gasteiger partial charge in [-0.15, -0.1) is 48.8 Å². The van der Waals surface area contributed by atoms with E-state index in [0.717, 1.165) is 13.8 Å². The topological polar surface area (TPSA) is 0 Å². The predicted molar refractivity (Wildman–Crippen MR) is 99.5 cm³/mol. The first kappa shape index (κ1) is 29.8. The van der Waals surface area contributed by atoms with Gasteiger partial charge in [0, 0.05) is 11.5 Å². The van der Waals surface area contributed by atoms with Crippen molar-refractivity contribution in [3.8, 4) is 0 Å². The Balaban J connectivity index is 5.62. The number of thiol groups is 2. The van der Waals surface area contributed by atoms with Gasteiger partial charge < -0.3 is 0 Å². The Labute approximate surface area is 182 Å². The Hall–Kier alpha value is -0.220. The van der Waals surface area contributed by atoms with Crippen molar-refractivity contribution in [2.75, 3.05) is 11.5 Å². The van der Waals surface area contributed by atoms with Gasteiger partial charge in [0.15, 0.2) is 0 Å². The van der Waals surface area contributed by atoms with Crippen molar-refractivity contribution in [1.29, 1.82) is 0 Å². The fourth-order valence-corrected chi connectivity index (χ4v) is 4.12. The molecule has 0 saturated heterocycles. The quantitative estimate of drug-likeness (QED) is 0.199. The number of rotatable bonds is 6. The normalized spacial score (nSPS) is 16.8. The molecular formula is C14H12F12S4. The van der Waals surface area contributed by atoms with Crippen LogP contribution in [0.15, 0.2) is 30.8 Å². The first-order valence-electron chi connectivity index (χ1n) is 7.16. The first-order chi connectivity index (χ1) is 13.1. The van der Waals surface area contributed by atoms with Gasteiger partial charge in [-0.25, -0.2) is 0 Å². The minimum absolute atomic E-state index is 0.0493. The second kappa shape index (κ2) is 10.6. The number of thioether (sulfide) groups is 2. The molecule has 0 fully saturated rings. The summed E-state index contributed by atoms with van der Waals surface area (Å²) in [6, 6.07) is 0. The van der Waals surface area contributed by atoms with E-state index >= 15 is 0 Å². The average molecular weight is 536 g/mol. The van der Waals surface area contributed by atoms with Gasteiger partial charge in [-0.2, -0.15) is 52.7 Å². The number of hydrogen-bond donors (Lipinski definition) is 2. The molecule has 0 radical (unpaired) electrons. The van der Waals surface area contributed by atoms with Gasteiger partial charge in [0.25, 0.3) is 0 Å². The van der Waals surface area contributed by atoms with Crippen LogP contribution in [0.25, 0.3) is 0 Å². The van der Waals surface area contributed by atoms with E-state index in [-0.39, 0.29) is 34.7 Å². The standard InChI is InChI=1S/C14H12F12S4/c1-5(3-29-9(13(21,22)23)7(27)11(15,16)17)6(2)4-30-10(14(24,25)26)8(28)12(18,19)20/h27-28H,3-4H2,1-2H3/b6-5-,9-7-,10-8-. The van der Waals surface area contributed by atoms with Gasteiger partial charge >= 0.3 is 24.7 Å². The van der Waals surface area contributed by atoms with Gasteiger partial charge in [-0.1, -0.05) is 11.1 Å². The third-order valence-corrected chi connectivity index (χ3v) is 6.94. The van der Waals surface area contributed by atoms with Crippen molar-refractivity contribution >= 4 is 48.8 Å². The summed E-state index contributed by atoms with van der Waals surface area (Å²) in [6.45, 7) is 2.26. The second-order valence-corrected chi connectivity index (χ2v) is 8.35. The molecule has 0 aliphatic heterocycles. The maximum Gasteiger partial charge on any atom is 0.423 e. The van der Waals surface area contributed by atoms with E-state index in [0.29, 0.717) is 0 Å². The molecule has 0 spiro atoms. The SMILES string of the molecule is C/C(CS/C(=C(\S)C(F)(F)F)C(F)(F)F)=C(\C)CS/C(=C(\S)C(F)(F)F)C(F)(F)F. The summed E-state index contributed by atoms with van der Waals surface area (Å²) in [5, 5.41) is 0. The molecule has 0 atom stereocenters. The molecule has 0 aromatic heterocycles. The lowest BCUT2D eigenvalue weighted by atomic mass is 10.2. The summed E-state index contributed by atoms with van der Waals surface area (Å²) < 4.78 is 152. The zero-order valence-corrected chi connectivity index (χ0v) is 18.1. The maximum atomic E-state index is 12.8. The number of allylic oxidation sites excluding steroid dienone is 4. The molecule has 0 aliphatic rings. The van der Waals surface area contributed by atoms with Crippen LogP contribution >= 0.6 is 48.8 Å². The van der Waals surface area contributed by atoms with Gasteiger partial charge in [0.2, 0.25) is 0 Å².